The highest BCUT2D eigenvalue weighted by Gasteiger charge is 2.17. The monoisotopic (exact) mass is 475 g/mol. The molecule has 0 amide bonds. The van der Waals surface area contributed by atoms with Gasteiger partial charge in [-0.05, 0) is 84.8 Å². The standard InChI is InChI=1S/C32H45NS/c1-8-10-27(22-32(24(5)6)34-18-17-33)20-26-11-14-29(15-12-26)31-21-28(19-23(3)4)13-16-30(31)25(7)9-2/h8,10-16,21,23,27,32H,5,7,9,17-20,22,33H2,1-4,6H3/b10-8-. The van der Waals surface area contributed by atoms with Gasteiger partial charge in [-0.3, -0.25) is 0 Å². The van der Waals surface area contributed by atoms with Gasteiger partial charge < -0.3 is 5.73 Å². The zero-order chi connectivity index (χ0) is 25.1. The van der Waals surface area contributed by atoms with Crippen LogP contribution in [0.4, 0.5) is 0 Å². The van der Waals surface area contributed by atoms with Crippen LogP contribution in [0.1, 0.15) is 64.2 Å². The van der Waals surface area contributed by atoms with E-state index in [0.29, 0.717) is 17.1 Å². The van der Waals surface area contributed by atoms with E-state index in [-0.39, 0.29) is 0 Å². The topological polar surface area (TPSA) is 26.0 Å². The summed E-state index contributed by atoms with van der Waals surface area (Å²) in [6.45, 7) is 20.3. The summed E-state index contributed by atoms with van der Waals surface area (Å²) in [4.78, 5) is 0. The summed E-state index contributed by atoms with van der Waals surface area (Å²) in [5, 5.41) is 0.454. The van der Waals surface area contributed by atoms with Crippen molar-refractivity contribution in [2.24, 2.45) is 17.6 Å². The molecule has 0 aliphatic heterocycles. The second kappa shape index (κ2) is 14.4. The average Bonchev–Trinajstić information content (AvgIpc) is 2.81. The van der Waals surface area contributed by atoms with Crippen molar-refractivity contribution in [3.05, 3.63) is 90.0 Å². The molecule has 2 heteroatoms. The summed E-state index contributed by atoms with van der Waals surface area (Å²) in [6, 6.07) is 16.1. The lowest BCUT2D eigenvalue weighted by Gasteiger charge is -2.22. The van der Waals surface area contributed by atoms with E-state index in [0.717, 1.165) is 38.0 Å². The minimum Gasteiger partial charge on any atom is -0.330 e. The molecule has 0 bridgehead atoms. The average molecular weight is 476 g/mol. The minimum atomic E-state index is 0.454. The fourth-order valence-corrected chi connectivity index (χ4v) is 5.54. The Morgan fingerprint density at radius 2 is 1.71 bits per heavy atom. The van der Waals surface area contributed by atoms with Gasteiger partial charge in [0.25, 0.3) is 0 Å². The Kier molecular flexibility index (Phi) is 11.9. The Bertz CT molecular complexity index is 951. The molecule has 184 valence electrons. The molecule has 0 saturated carbocycles. The summed E-state index contributed by atoms with van der Waals surface area (Å²) in [5.41, 5.74) is 14.8. The van der Waals surface area contributed by atoms with Gasteiger partial charge in [-0.15, -0.1) is 0 Å². The predicted octanol–water partition coefficient (Wildman–Crippen LogP) is 8.74. The first-order valence-electron chi connectivity index (χ1n) is 12.8. The Morgan fingerprint density at radius 1 is 1.03 bits per heavy atom. The van der Waals surface area contributed by atoms with Crippen LogP contribution in [0.5, 0.6) is 0 Å². The second-order valence-electron chi connectivity index (χ2n) is 9.85. The molecule has 0 heterocycles. The number of rotatable bonds is 14. The first kappa shape index (κ1) is 28.2. The van der Waals surface area contributed by atoms with E-state index in [9.17, 15) is 0 Å². The first-order valence-corrected chi connectivity index (χ1v) is 13.8. The summed E-state index contributed by atoms with van der Waals surface area (Å²) in [6.07, 6.45) is 8.74. The first-order chi connectivity index (χ1) is 16.3. The molecule has 34 heavy (non-hydrogen) atoms. The highest BCUT2D eigenvalue weighted by atomic mass is 32.2. The maximum atomic E-state index is 5.75. The highest BCUT2D eigenvalue weighted by molar-refractivity contribution is 8.00. The maximum Gasteiger partial charge on any atom is 0.0257 e. The number of nitrogens with two attached hydrogens (primary N) is 1. The molecular weight excluding hydrogens is 430 g/mol. The zero-order valence-corrected chi connectivity index (χ0v) is 22.9. The van der Waals surface area contributed by atoms with E-state index in [1.807, 2.05) is 11.8 Å². The Hall–Kier alpha value is -2.03. The third-order valence-electron chi connectivity index (χ3n) is 6.27. The zero-order valence-electron chi connectivity index (χ0n) is 22.1. The Balaban J connectivity index is 2.27. The molecule has 0 aliphatic carbocycles. The van der Waals surface area contributed by atoms with Crippen LogP contribution in [0.3, 0.4) is 0 Å². The summed E-state index contributed by atoms with van der Waals surface area (Å²) >= 11 is 1.94. The van der Waals surface area contributed by atoms with Crippen molar-refractivity contribution in [2.75, 3.05) is 12.3 Å². The molecule has 2 unspecified atom stereocenters. The van der Waals surface area contributed by atoms with Crippen LogP contribution in [-0.4, -0.2) is 17.5 Å². The molecule has 2 aromatic carbocycles. The van der Waals surface area contributed by atoms with Gasteiger partial charge in [-0.25, -0.2) is 0 Å². The third-order valence-corrected chi connectivity index (χ3v) is 7.74. The molecule has 2 rings (SSSR count). The molecule has 0 radical (unpaired) electrons. The number of hydrogen-bond donors (Lipinski definition) is 1. The number of thioether (sulfide) groups is 1. The maximum absolute atomic E-state index is 5.75. The SMILES string of the molecule is C=C(CC)c1ccc(CC(C)C)cc1-c1ccc(CC(/C=C\C)CC(SCCN)C(=C)C)cc1. The van der Waals surface area contributed by atoms with Crippen molar-refractivity contribution in [1.29, 1.82) is 0 Å². The fourth-order valence-electron chi connectivity index (χ4n) is 4.45. The van der Waals surface area contributed by atoms with E-state index in [2.05, 4.69) is 102 Å². The van der Waals surface area contributed by atoms with Gasteiger partial charge in [0.15, 0.2) is 0 Å². The van der Waals surface area contributed by atoms with Crippen molar-refractivity contribution in [3.63, 3.8) is 0 Å². The molecule has 0 fully saturated rings. The largest absolute Gasteiger partial charge is 0.330 e. The van der Waals surface area contributed by atoms with Crippen molar-refractivity contribution in [1.82, 2.24) is 0 Å². The van der Waals surface area contributed by atoms with Gasteiger partial charge in [0.1, 0.15) is 0 Å². The molecule has 2 N–H and O–H groups in total. The molecule has 1 nitrogen and oxygen atoms in total. The Morgan fingerprint density at radius 3 is 2.26 bits per heavy atom. The summed E-state index contributed by atoms with van der Waals surface area (Å²) < 4.78 is 0. The van der Waals surface area contributed by atoms with Crippen LogP contribution in [0, 0.1) is 11.8 Å². The second-order valence-corrected chi connectivity index (χ2v) is 11.2. The number of benzene rings is 2. The summed E-state index contributed by atoms with van der Waals surface area (Å²) in [5.74, 6) is 2.12. The van der Waals surface area contributed by atoms with Gasteiger partial charge in [-0.1, -0.05) is 94.1 Å². The van der Waals surface area contributed by atoms with Crippen LogP contribution in [0.2, 0.25) is 0 Å². The fraction of sp³-hybridized carbons (Fsp3) is 0.438. The number of allylic oxidation sites excluding steroid dienone is 3. The van der Waals surface area contributed by atoms with E-state index in [1.54, 1.807) is 0 Å². The van der Waals surface area contributed by atoms with Crippen molar-refractivity contribution < 1.29 is 0 Å². The van der Waals surface area contributed by atoms with Crippen molar-refractivity contribution in [3.8, 4) is 11.1 Å². The highest BCUT2D eigenvalue weighted by Crippen LogP contribution is 2.33. The van der Waals surface area contributed by atoms with Crippen LogP contribution >= 0.6 is 11.8 Å². The van der Waals surface area contributed by atoms with Gasteiger partial charge >= 0.3 is 0 Å². The van der Waals surface area contributed by atoms with Gasteiger partial charge in [-0.2, -0.15) is 11.8 Å². The number of hydrogen-bond acceptors (Lipinski definition) is 2. The molecule has 0 aliphatic rings. The molecule has 0 aromatic heterocycles. The van der Waals surface area contributed by atoms with Gasteiger partial charge in [0.05, 0.1) is 0 Å². The van der Waals surface area contributed by atoms with E-state index < -0.39 is 0 Å². The normalized spacial score (nSPS) is 13.4. The van der Waals surface area contributed by atoms with Crippen molar-refractivity contribution in [2.45, 2.75) is 65.6 Å². The van der Waals surface area contributed by atoms with Gasteiger partial charge in [0.2, 0.25) is 0 Å². The quantitative estimate of drug-likeness (QED) is 0.276. The van der Waals surface area contributed by atoms with E-state index >= 15 is 0 Å². The lowest BCUT2D eigenvalue weighted by molar-refractivity contribution is 0.593. The lowest BCUT2D eigenvalue weighted by Crippen LogP contribution is -2.15. The molecule has 0 spiro atoms. The van der Waals surface area contributed by atoms with E-state index in [4.69, 9.17) is 5.73 Å². The van der Waals surface area contributed by atoms with Gasteiger partial charge in [0, 0.05) is 17.5 Å². The van der Waals surface area contributed by atoms with E-state index in [1.165, 1.54) is 39.0 Å². The summed E-state index contributed by atoms with van der Waals surface area (Å²) in [7, 11) is 0. The van der Waals surface area contributed by atoms with Crippen LogP contribution in [0.25, 0.3) is 16.7 Å². The van der Waals surface area contributed by atoms with Crippen LogP contribution < -0.4 is 5.73 Å². The molecule has 0 saturated heterocycles. The Labute approximate surface area is 213 Å². The predicted molar refractivity (Wildman–Crippen MR) is 156 cm³/mol. The molecule has 2 atom stereocenters. The van der Waals surface area contributed by atoms with Crippen LogP contribution in [-0.2, 0) is 12.8 Å². The molecule has 2 aromatic rings. The minimum absolute atomic E-state index is 0.454. The third kappa shape index (κ3) is 8.64. The van der Waals surface area contributed by atoms with Crippen LogP contribution in [0.15, 0.2) is 73.3 Å². The molecular formula is C32H45NS. The smallest absolute Gasteiger partial charge is 0.0257 e. The lowest BCUT2D eigenvalue weighted by atomic mass is 9.88. The van der Waals surface area contributed by atoms with Crippen molar-refractivity contribution >= 4 is 17.3 Å².